The van der Waals surface area contributed by atoms with Crippen molar-refractivity contribution in [1.82, 2.24) is 9.97 Å². The first-order chi connectivity index (χ1) is 14.8. The molecule has 0 saturated carbocycles. The van der Waals surface area contributed by atoms with Crippen molar-refractivity contribution >= 4 is 32.5 Å². The Bertz CT molecular complexity index is 1340. The summed E-state index contributed by atoms with van der Waals surface area (Å²) in [4.78, 5) is 13.9. The largest absolute Gasteiger partial charge is 0.350 e. The molecule has 9 heteroatoms. The van der Waals surface area contributed by atoms with Gasteiger partial charge in [0.25, 0.3) is 0 Å². The Hall–Kier alpha value is -3.22. The van der Waals surface area contributed by atoms with E-state index in [1.165, 1.54) is 0 Å². The fourth-order valence-corrected chi connectivity index (χ4v) is 5.68. The molecule has 5 rings (SSSR count). The van der Waals surface area contributed by atoms with Crippen LogP contribution in [0.2, 0.25) is 0 Å². The Morgan fingerprint density at radius 2 is 1.90 bits per heavy atom. The van der Waals surface area contributed by atoms with E-state index in [0.29, 0.717) is 37.0 Å². The molecule has 0 bridgehead atoms. The van der Waals surface area contributed by atoms with Crippen molar-refractivity contribution in [1.29, 1.82) is 5.26 Å². The highest BCUT2D eigenvalue weighted by atomic mass is 32.2. The summed E-state index contributed by atoms with van der Waals surface area (Å²) in [5, 5.41) is 10.2. The Morgan fingerprint density at radius 3 is 2.68 bits per heavy atom. The van der Waals surface area contributed by atoms with Crippen molar-refractivity contribution in [2.24, 2.45) is 5.73 Å². The van der Waals surface area contributed by atoms with Crippen LogP contribution in [0, 0.1) is 18.3 Å². The zero-order valence-electron chi connectivity index (χ0n) is 17.1. The summed E-state index contributed by atoms with van der Waals surface area (Å²) >= 11 is 0. The molecule has 2 N–H and O–H groups in total. The predicted octanol–water partition coefficient (Wildman–Crippen LogP) is 1.77. The maximum Gasteiger partial charge on any atom is 0.228 e. The van der Waals surface area contributed by atoms with Gasteiger partial charge in [0.15, 0.2) is 9.84 Å². The SMILES string of the molecule is Cc1ccc2nc(N3CCS(=O)(=O)c4ccccc4C3)nc(N3CC(N)(C#N)C3)c2c1. The number of aryl methyl sites for hydroxylation is 1. The van der Waals surface area contributed by atoms with Crippen molar-refractivity contribution in [3.05, 3.63) is 53.6 Å². The third-order valence-electron chi connectivity index (χ3n) is 5.87. The molecule has 8 nitrogen and oxygen atoms in total. The average Bonchev–Trinajstić information content (AvgIpc) is 2.87. The van der Waals surface area contributed by atoms with Crippen molar-refractivity contribution in [3.63, 3.8) is 0 Å². The number of hydrogen-bond acceptors (Lipinski definition) is 8. The van der Waals surface area contributed by atoms with Gasteiger partial charge in [0.05, 0.1) is 35.3 Å². The van der Waals surface area contributed by atoms with E-state index in [2.05, 4.69) is 6.07 Å². The van der Waals surface area contributed by atoms with E-state index in [1.54, 1.807) is 12.1 Å². The van der Waals surface area contributed by atoms with E-state index >= 15 is 0 Å². The Balaban J connectivity index is 1.60. The van der Waals surface area contributed by atoms with Crippen LogP contribution in [-0.4, -0.2) is 49.3 Å². The molecule has 1 aromatic heterocycles. The fraction of sp³-hybridized carbons (Fsp3) is 0.318. The van der Waals surface area contributed by atoms with Crippen LogP contribution >= 0.6 is 0 Å². The highest BCUT2D eigenvalue weighted by Crippen LogP contribution is 2.33. The number of aromatic nitrogens is 2. The van der Waals surface area contributed by atoms with Crippen LogP contribution in [0.15, 0.2) is 47.4 Å². The van der Waals surface area contributed by atoms with Gasteiger partial charge >= 0.3 is 0 Å². The molecule has 2 aliphatic heterocycles. The zero-order valence-corrected chi connectivity index (χ0v) is 17.9. The van der Waals surface area contributed by atoms with E-state index < -0.39 is 15.4 Å². The van der Waals surface area contributed by atoms with E-state index in [4.69, 9.17) is 15.7 Å². The first-order valence-electron chi connectivity index (χ1n) is 10.1. The summed E-state index contributed by atoms with van der Waals surface area (Å²) in [5.74, 6) is 1.20. The minimum absolute atomic E-state index is 0.00129. The molecule has 0 radical (unpaired) electrons. The molecule has 158 valence electrons. The smallest absolute Gasteiger partial charge is 0.228 e. The molecule has 0 atom stereocenters. The van der Waals surface area contributed by atoms with Gasteiger partial charge in [0, 0.05) is 18.5 Å². The van der Waals surface area contributed by atoms with Gasteiger partial charge in [-0.3, -0.25) is 0 Å². The quantitative estimate of drug-likeness (QED) is 0.649. The highest BCUT2D eigenvalue weighted by molar-refractivity contribution is 7.91. The Labute approximate surface area is 180 Å². The lowest BCUT2D eigenvalue weighted by atomic mass is 9.92. The molecular weight excluding hydrogens is 412 g/mol. The second kappa shape index (κ2) is 6.90. The average molecular weight is 435 g/mol. The van der Waals surface area contributed by atoms with Gasteiger partial charge in [-0.25, -0.2) is 13.4 Å². The Morgan fingerprint density at radius 1 is 1.13 bits per heavy atom. The number of nitriles is 1. The second-order valence-electron chi connectivity index (χ2n) is 8.34. The third kappa shape index (κ3) is 3.38. The summed E-state index contributed by atoms with van der Waals surface area (Å²) in [6.45, 7) is 3.49. The maximum atomic E-state index is 12.7. The lowest BCUT2D eigenvalue weighted by molar-refractivity contribution is 0.419. The van der Waals surface area contributed by atoms with E-state index in [0.717, 1.165) is 27.8 Å². The van der Waals surface area contributed by atoms with Gasteiger partial charge in [0.2, 0.25) is 5.95 Å². The van der Waals surface area contributed by atoms with Crippen LogP contribution in [-0.2, 0) is 16.4 Å². The maximum absolute atomic E-state index is 12.7. The normalized spacial score (nSPS) is 19.3. The topological polar surface area (TPSA) is 116 Å². The summed E-state index contributed by atoms with van der Waals surface area (Å²) in [6, 6.07) is 15.2. The molecule has 3 aromatic rings. The number of benzene rings is 2. The van der Waals surface area contributed by atoms with Gasteiger partial charge in [-0.1, -0.05) is 29.8 Å². The number of anilines is 2. The molecule has 31 heavy (non-hydrogen) atoms. The summed E-state index contributed by atoms with van der Waals surface area (Å²) < 4.78 is 25.5. The first kappa shape index (κ1) is 19.7. The van der Waals surface area contributed by atoms with Crippen LogP contribution in [0.3, 0.4) is 0 Å². The molecule has 3 heterocycles. The van der Waals surface area contributed by atoms with E-state index in [-0.39, 0.29) is 5.75 Å². The molecule has 2 aliphatic rings. The van der Waals surface area contributed by atoms with Crippen LogP contribution in [0.1, 0.15) is 11.1 Å². The zero-order chi connectivity index (χ0) is 21.8. The standard InChI is InChI=1S/C22H22N6O2S/c1-15-6-7-18-17(10-15)20(28-13-22(24,12-23)14-28)26-21(25-18)27-8-9-31(29,30)19-5-3-2-4-16(19)11-27/h2-7,10H,8-9,11,13-14,24H2,1H3. The van der Waals surface area contributed by atoms with Crippen LogP contribution in [0.5, 0.6) is 0 Å². The highest BCUT2D eigenvalue weighted by Gasteiger charge is 2.41. The molecule has 1 saturated heterocycles. The second-order valence-corrected chi connectivity index (χ2v) is 10.4. The minimum atomic E-state index is -3.37. The predicted molar refractivity (Wildman–Crippen MR) is 119 cm³/mol. The molecule has 0 aliphatic carbocycles. The fourth-order valence-electron chi connectivity index (χ4n) is 4.19. The monoisotopic (exact) mass is 434 g/mol. The molecule has 0 spiro atoms. The molecule has 0 unspecified atom stereocenters. The lowest BCUT2D eigenvalue weighted by Crippen LogP contribution is -2.67. The molecular formula is C22H22N6O2S. The third-order valence-corrected chi connectivity index (χ3v) is 7.66. The van der Waals surface area contributed by atoms with Crippen molar-refractivity contribution < 1.29 is 8.42 Å². The summed E-state index contributed by atoms with van der Waals surface area (Å²) in [7, 11) is -3.37. The Kier molecular flexibility index (Phi) is 4.39. The number of fused-ring (bicyclic) bond motifs is 2. The molecule has 1 fully saturated rings. The van der Waals surface area contributed by atoms with Gasteiger partial charge in [-0.2, -0.15) is 10.2 Å². The lowest BCUT2D eigenvalue weighted by Gasteiger charge is -2.44. The van der Waals surface area contributed by atoms with Crippen LogP contribution in [0.25, 0.3) is 10.9 Å². The van der Waals surface area contributed by atoms with Gasteiger partial charge in [-0.05, 0) is 30.7 Å². The first-order valence-corrected chi connectivity index (χ1v) is 11.7. The number of nitrogens with zero attached hydrogens (tertiary/aromatic N) is 5. The molecule has 2 aromatic carbocycles. The summed E-state index contributed by atoms with van der Waals surface area (Å²) in [5.41, 5.74) is 7.78. The number of nitrogens with two attached hydrogens (primary N) is 1. The molecule has 0 amide bonds. The van der Waals surface area contributed by atoms with Gasteiger partial charge < -0.3 is 15.5 Å². The van der Waals surface area contributed by atoms with Crippen LogP contribution in [0.4, 0.5) is 11.8 Å². The summed E-state index contributed by atoms with van der Waals surface area (Å²) in [6.07, 6.45) is 0. The van der Waals surface area contributed by atoms with E-state index in [9.17, 15) is 13.7 Å². The van der Waals surface area contributed by atoms with Gasteiger partial charge in [-0.15, -0.1) is 0 Å². The van der Waals surface area contributed by atoms with Crippen molar-refractivity contribution in [3.8, 4) is 6.07 Å². The van der Waals surface area contributed by atoms with E-state index in [1.807, 2.05) is 47.1 Å². The van der Waals surface area contributed by atoms with Crippen molar-refractivity contribution in [2.45, 2.75) is 23.9 Å². The van der Waals surface area contributed by atoms with Gasteiger partial charge in [0.1, 0.15) is 11.4 Å². The van der Waals surface area contributed by atoms with Crippen molar-refractivity contribution in [2.75, 3.05) is 35.2 Å². The number of rotatable bonds is 2. The minimum Gasteiger partial charge on any atom is -0.350 e. The van der Waals surface area contributed by atoms with Crippen LogP contribution < -0.4 is 15.5 Å². The number of sulfone groups is 1. The number of hydrogen-bond donors (Lipinski definition) is 1.